The van der Waals surface area contributed by atoms with Crippen LogP contribution in [-0.2, 0) is 16.3 Å². The van der Waals surface area contributed by atoms with E-state index < -0.39 is 15.6 Å². The Morgan fingerprint density at radius 1 is 1.20 bits per heavy atom. The summed E-state index contributed by atoms with van der Waals surface area (Å²) in [6.07, 6.45) is 1.71. The highest BCUT2D eigenvalue weighted by molar-refractivity contribution is 7.92. The van der Waals surface area contributed by atoms with Crippen LogP contribution in [0.5, 0.6) is 0 Å². The van der Waals surface area contributed by atoms with Gasteiger partial charge in [0.2, 0.25) is 11.5 Å². The predicted molar refractivity (Wildman–Crippen MR) is 114 cm³/mol. The molecule has 30 heavy (non-hydrogen) atoms. The summed E-state index contributed by atoms with van der Waals surface area (Å²) in [7, 11) is -3.66. The highest BCUT2D eigenvalue weighted by Gasteiger charge is 2.40. The second kappa shape index (κ2) is 7.14. The number of sulfone groups is 1. The highest BCUT2D eigenvalue weighted by Crippen LogP contribution is 2.44. The maximum absolute atomic E-state index is 13.2. The number of hydrogen-bond acceptors (Lipinski definition) is 7. The van der Waals surface area contributed by atoms with E-state index in [-0.39, 0.29) is 38.0 Å². The molecule has 1 aliphatic carbocycles. The standard InChI is InChI=1S/C21H18ClNO5S2/c1-21(2)9-13-17(15(24)10-21)20(30(3,26)27)29-19(13)18(25)16-8-14(23-28-16)11-4-6-12(22)7-5-11/h4-8H,9-10H2,1-3H3. The first-order valence-corrected chi connectivity index (χ1v) is 12.2. The van der Waals surface area contributed by atoms with Crippen molar-refractivity contribution in [2.45, 2.75) is 30.9 Å². The van der Waals surface area contributed by atoms with Gasteiger partial charge in [-0.2, -0.15) is 0 Å². The number of rotatable bonds is 4. The maximum atomic E-state index is 13.2. The van der Waals surface area contributed by atoms with Gasteiger partial charge in [-0.05, 0) is 29.5 Å². The third-order valence-electron chi connectivity index (χ3n) is 4.96. The van der Waals surface area contributed by atoms with Crippen LogP contribution < -0.4 is 0 Å². The fraction of sp³-hybridized carbons (Fsp3) is 0.286. The van der Waals surface area contributed by atoms with Gasteiger partial charge in [0, 0.05) is 29.3 Å². The summed E-state index contributed by atoms with van der Waals surface area (Å²) < 4.78 is 29.8. The van der Waals surface area contributed by atoms with E-state index in [2.05, 4.69) is 5.16 Å². The van der Waals surface area contributed by atoms with Gasteiger partial charge < -0.3 is 4.52 Å². The molecule has 6 nitrogen and oxygen atoms in total. The fourth-order valence-corrected chi connectivity index (χ4v) is 6.26. The zero-order valence-electron chi connectivity index (χ0n) is 16.5. The average Bonchev–Trinajstić information content (AvgIpc) is 3.25. The number of fused-ring (bicyclic) bond motifs is 1. The maximum Gasteiger partial charge on any atom is 0.241 e. The molecule has 2 aromatic heterocycles. The molecule has 0 fully saturated rings. The second-order valence-corrected chi connectivity index (χ2v) is 11.9. The van der Waals surface area contributed by atoms with Crippen LogP contribution in [-0.4, -0.2) is 31.4 Å². The number of halogens is 1. The van der Waals surface area contributed by atoms with Gasteiger partial charge in [-0.25, -0.2) is 8.42 Å². The van der Waals surface area contributed by atoms with Crippen LogP contribution in [0.15, 0.2) is 39.1 Å². The third-order valence-corrected chi connectivity index (χ3v) is 8.28. The number of carbonyl (C=O) groups excluding carboxylic acids is 2. The van der Waals surface area contributed by atoms with Gasteiger partial charge in [-0.1, -0.05) is 42.7 Å². The van der Waals surface area contributed by atoms with Crippen LogP contribution in [0, 0.1) is 5.41 Å². The van der Waals surface area contributed by atoms with Crippen molar-refractivity contribution in [1.29, 1.82) is 0 Å². The van der Waals surface area contributed by atoms with Crippen LogP contribution in [0.1, 0.15) is 51.6 Å². The molecular formula is C21H18ClNO5S2. The largest absolute Gasteiger partial charge is 0.352 e. The van der Waals surface area contributed by atoms with Crippen molar-refractivity contribution in [3.05, 3.63) is 57.1 Å². The van der Waals surface area contributed by atoms with E-state index in [1.165, 1.54) is 6.07 Å². The zero-order chi connectivity index (χ0) is 21.8. The van der Waals surface area contributed by atoms with Crippen LogP contribution in [0.2, 0.25) is 5.02 Å². The molecule has 0 radical (unpaired) electrons. The van der Waals surface area contributed by atoms with E-state index in [1.54, 1.807) is 24.3 Å². The molecule has 1 aromatic carbocycles. The molecular weight excluding hydrogens is 446 g/mol. The minimum absolute atomic E-state index is 0.0140. The molecule has 4 rings (SSSR count). The Bertz CT molecular complexity index is 1280. The van der Waals surface area contributed by atoms with Gasteiger partial charge >= 0.3 is 0 Å². The molecule has 0 bridgehead atoms. The lowest BCUT2D eigenvalue weighted by molar-refractivity contribution is 0.0909. The monoisotopic (exact) mass is 463 g/mol. The number of thiophene rings is 1. The Kier molecular flexibility index (Phi) is 4.99. The smallest absolute Gasteiger partial charge is 0.241 e. The minimum atomic E-state index is -3.66. The van der Waals surface area contributed by atoms with Gasteiger partial charge in [0.15, 0.2) is 15.6 Å². The summed E-state index contributed by atoms with van der Waals surface area (Å²) in [5.41, 5.74) is 1.45. The van der Waals surface area contributed by atoms with Gasteiger partial charge in [0.1, 0.15) is 9.90 Å². The summed E-state index contributed by atoms with van der Waals surface area (Å²) in [4.78, 5) is 26.2. The number of aromatic nitrogens is 1. The first-order valence-electron chi connectivity index (χ1n) is 9.12. The second-order valence-electron chi connectivity index (χ2n) is 8.20. The molecule has 0 aliphatic heterocycles. The predicted octanol–water partition coefficient (Wildman–Crippen LogP) is 4.85. The molecule has 0 saturated heterocycles. The average molecular weight is 464 g/mol. The Labute approximate surface area is 182 Å². The van der Waals surface area contributed by atoms with E-state index in [1.807, 2.05) is 13.8 Å². The first-order chi connectivity index (χ1) is 14.0. The van der Waals surface area contributed by atoms with Gasteiger partial charge in [-0.15, -0.1) is 11.3 Å². The minimum Gasteiger partial charge on any atom is -0.352 e. The first kappa shape index (κ1) is 21.0. The van der Waals surface area contributed by atoms with Crippen molar-refractivity contribution >= 4 is 44.3 Å². The lowest BCUT2D eigenvalue weighted by Crippen LogP contribution is -2.28. The highest BCUT2D eigenvalue weighted by atomic mass is 35.5. The molecule has 9 heteroatoms. The van der Waals surface area contributed by atoms with Gasteiger partial charge in [0.05, 0.1) is 10.4 Å². The van der Waals surface area contributed by atoms with Crippen molar-refractivity contribution in [2.75, 3.05) is 6.26 Å². The number of benzene rings is 1. The quantitative estimate of drug-likeness (QED) is 0.513. The molecule has 2 heterocycles. The number of Topliss-reactive ketones (excluding diaryl/α,β-unsaturated/α-hetero) is 1. The summed E-state index contributed by atoms with van der Waals surface area (Å²) >= 11 is 6.74. The fourth-order valence-electron chi connectivity index (χ4n) is 3.65. The van der Waals surface area contributed by atoms with E-state index in [0.717, 1.165) is 23.2 Å². The van der Waals surface area contributed by atoms with E-state index >= 15 is 0 Å². The van der Waals surface area contributed by atoms with Crippen molar-refractivity contribution < 1.29 is 22.5 Å². The summed E-state index contributed by atoms with van der Waals surface area (Å²) in [6, 6.07) is 8.42. The van der Waals surface area contributed by atoms with Gasteiger partial charge in [0.25, 0.3) is 0 Å². The SMILES string of the molecule is CC1(C)CC(=O)c2c(S(C)(=O)=O)sc(C(=O)c3cc(-c4ccc(Cl)cc4)no3)c2C1. The van der Waals surface area contributed by atoms with E-state index in [9.17, 15) is 18.0 Å². The normalized spacial score (nSPS) is 15.8. The lowest BCUT2D eigenvalue weighted by Gasteiger charge is -2.29. The van der Waals surface area contributed by atoms with Crippen LogP contribution in [0.3, 0.4) is 0 Å². The van der Waals surface area contributed by atoms with Crippen molar-refractivity contribution in [1.82, 2.24) is 5.16 Å². The molecule has 0 spiro atoms. The van der Waals surface area contributed by atoms with Crippen molar-refractivity contribution in [3.63, 3.8) is 0 Å². The van der Waals surface area contributed by atoms with E-state index in [4.69, 9.17) is 16.1 Å². The van der Waals surface area contributed by atoms with E-state index in [0.29, 0.717) is 22.7 Å². The Morgan fingerprint density at radius 3 is 2.50 bits per heavy atom. The number of nitrogens with zero attached hydrogens (tertiary/aromatic N) is 1. The van der Waals surface area contributed by atoms with Gasteiger partial charge in [-0.3, -0.25) is 9.59 Å². The lowest BCUT2D eigenvalue weighted by atomic mass is 9.74. The Hall–Kier alpha value is -2.29. The summed E-state index contributed by atoms with van der Waals surface area (Å²) in [5.74, 6) is -0.749. The number of hydrogen-bond donors (Lipinski definition) is 0. The molecule has 3 aromatic rings. The van der Waals surface area contributed by atoms with Crippen molar-refractivity contribution in [3.8, 4) is 11.3 Å². The molecule has 0 atom stereocenters. The molecule has 0 saturated carbocycles. The van der Waals surface area contributed by atoms with Crippen LogP contribution in [0.4, 0.5) is 0 Å². The van der Waals surface area contributed by atoms with Crippen LogP contribution in [0.25, 0.3) is 11.3 Å². The van der Waals surface area contributed by atoms with Crippen LogP contribution >= 0.6 is 22.9 Å². The molecule has 0 amide bonds. The Balaban J connectivity index is 1.81. The number of carbonyl (C=O) groups is 2. The molecule has 1 aliphatic rings. The third kappa shape index (κ3) is 3.75. The zero-order valence-corrected chi connectivity index (χ0v) is 18.9. The molecule has 0 N–H and O–H groups in total. The number of ketones is 2. The molecule has 156 valence electrons. The summed E-state index contributed by atoms with van der Waals surface area (Å²) in [5, 5.41) is 4.53. The topological polar surface area (TPSA) is 94.3 Å². The Morgan fingerprint density at radius 2 is 1.87 bits per heavy atom. The molecule has 0 unspecified atom stereocenters. The summed E-state index contributed by atoms with van der Waals surface area (Å²) in [6.45, 7) is 3.85. The van der Waals surface area contributed by atoms with Crippen molar-refractivity contribution in [2.24, 2.45) is 5.41 Å².